The summed E-state index contributed by atoms with van der Waals surface area (Å²) in [4.78, 5) is 13.7. The van der Waals surface area contributed by atoms with Gasteiger partial charge in [-0.2, -0.15) is 0 Å². The number of halogens is 1. The van der Waals surface area contributed by atoms with Crippen LogP contribution in [0.5, 0.6) is 0 Å². The molecule has 0 fully saturated rings. The molecule has 0 aliphatic heterocycles. The highest BCUT2D eigenvalue weighted by Crippen LogP contribution is 2.13. The van der Waals surface area contributed by atoms with Crippen molar-refractivity contribution in [2.45, 2.75) is 40.0 Å². The maximum absolute atomic E-state index is 11.8. The van der Waals surface area contributed by atoms with Crippen LogP contribution in [0, 0.1) is 11.8 Å². The minimum Gasteiger partial charge on any atom is -0.346 e. The van der Waals surface area contributed by atoms with Crippen molar-refractivity contribution in [3.63, 3.8) is 0 Å². The van der Waals surface area contributed by atoms with Crippen LogP contribution in [0.15, 0.2) is 0 Å². The van der Waals surface area contributed by atoms with E-state index in [1.807, 2.05) is 18.9 Å². The van der Waals surface area contributed by atoms with E-state index in [1.54, 1.807) is 0 Å². The van der Waals surface area contributed by atoms with Gasteiger partial charge < -0.3 is 4.90 Å². The maximum Gasteiger partial charge on any atom is 0.225 e. The van der Waals surface area contributed by atoms with E-state index in [-0.39, 0.29) is 11.8 Å². The van der Waals surface area contributed by atoms with Crippen LogP contribution in [0.4, 0.5) is 0 Å². The van der Waals surface area contributed by atoms with Gasteiger partial charge in [0.05, 0.1) is 0 Å². The molecule has 0 aromatic heterocycles. The summed E-state index contributed by atoms with van der Waals surface area (Å²) >= 11 is 5.59. The van der Waals surface area contributed by atoms with Crippen LogP contribution in [0.2, 0.25) is 0 Å². The molecule has 3 heteroatoms. The van der Waals surface area contributed by atoms with E-state index in [0.29, 0.717) is 5.92 Å². The molecule has 90 valence electrons. The first-order valence-corrected chi connectivity index (χ1v) is 6.35. The van der Waals surface area contributed by atoms with Crippen LogP contribution in [0.1, 0.15) is 40.0 Å². The predicted molar refractivity (Wildman–Crippen MR) is 66.2 cm³/mol. The first-order chi connectivity index (χ1) is 7.00. The predicted octanol–water partition coefficient (Wildman–Crippen LogP) is 3.15. The number of carbonyl (C=O) groups excluding carboxylic acids is 1. The Balaban J connectivity index is 3.78. The van der Waals surface area contributed by atoms with Crippen LogP contribution >= 0.6 is 11.6 Å². The van der Waals surface area contributed by atoms with Crippen molar-refractivity contribution in [2.24, 2.45) is 11.8 Å². The van der Waals surface area contributed by atoms with Crippen LogP contribution < -0.4 is 0 Å². The molecule has 0 aromatic carbocycles. The topological polar surface area (TPSA) is 20.3 Å². The van der Waals surface area contributed by atoms with Gasteiger partial charge in [0, 0.05) is 25.4 Å². The Morgan fingerprint density at radius 1 is 1.20 bits per heavy atom. The Hall–Kier alpha value is -0.240. The molecule has 0 spiro atoms. The summed E-state index contributed by atoms with van der Waals surface area (Å²) in [5.41, 5.74) is 0. The minimum atomic E-state index is 0.128. The second-order valence-electron chi connectivity index (χ2n) is 4.54. The van der Waals surface area contributed by atoms with Crippen LogP contribution in [-0.4, -0.2) is 30.3 Å². The van der Waals surface area contributed by atoms with E-state index in [4.69, 9.17) is 11.6 Å². The third-order valence-corrected chi connectivity index (χ3v) is 3.16. The Labute approximate surface area is 99.0 Å². The second-order valence-corrected chi connectivity index (χ2v) is 4.92. The van der Waals surface area contributed by atoms with Crippen molar-refractivity contribution in [2.75, 3.05) is 19.5 Å². The number of unbranched alkanes of at least 4 members (excludes halogenated alkanes) is 2. The molecule has 1 unspecified atom stereocenters. The summed E-state index contributed by atoms with van der Waals surface area (Å²) in [6.45, 7) is 7.03. The first-order valence-electron chi connectivity index (χ1n) is 5.81. The Morgan fingerprint density at radius 2 is 1.80 bits per heavy atom. The lowest BCUT2D eigenvalue weighted by molar-refractivity contribution is -0.135. The lowest BCUT2D eigenvalue weighted by atomic mass is 9.97. The van der Waals surface area contributed by atoms with Gasteiger partial charge in [0.25, 0.3) is 0 Å². The molecule has 0 aliphatic rings. The molecule has 1 atom stereocenters. The summed E-state index contributed by atoms with van der Waals surface area (Å²) in [5.74, 6) is 1.53. The quantitative estimate of drug-likeness (QED) is 0.489. The fraction of sp³-hybridized carbons (Fsp3) is 0.917. The van der Waals surface area contributed by atoms with E-state index in [1.165, 1.54) is 0 Å². The van der Waals surface area contributed by atoms with Gasteiger partial charge in [0.1, 0.15) is 0 Å². The van der Waals surface area contributed by atoms with E-state index >= 15 is 0 Å². The molecule has 2 nitrogen and oxygen atoms in total. The van der Waals surface area contributed by atoms with E-state index in [0.717, 1.165) is 31.7 Å². The highest BCUT2D eigenvalue weighted by molar-refractivity contribution is 6.17. The molecule has 0 heterocycles. The first kappa shape index (κ1) is 14.8. The molecule has 15 heavy (non-hydrogen) atoms. The van der Waals surface area contributed by atoms with E-state index < -0.39 is 0 Å². The highest BCUT2D eigenvalue weighted by atomic mass is 35.5. The van der Waals surface area contributed by atoms with Gasteiger partial charge in [-0.3, -0.25) is 4.79 Å². The monoisotopic (exact) mass is 233 g/mol. The molecular formula is C12H24ClNO. The molecule has 0 bridgehead atoms. The van der Waals surface area contributed by atoms with Gasteiger partial charge in [0.2, 0.25) is 5.91 Å². The molecular weight excluding hydrogens is 210 g/mol. The maximum atomic E-state index is 11.8. The van der Waals surface area contributed by atoms with Gasteiger partial charge in [-0.1, -0.05) is 27.2 Å². The normalized spacial score (nSPS) is 12.9. The summed E-state index contributed by atoms with van der Waals surface area (Å²) < 4.78 is 0. The Morgan fingerprint density at radius 3 is 2.27 bits per heavy atom. The zero-order chi connectivity index (χ0) is 11.8. The molecule has 0 aromatic rings. The van der Waals surface area contributed by atoms with Crippen molar-refractivity contribution in [3.05, 3.63) is 0 Å². The van der Waals surface area contributed by atoms with E-state index in [2.05, 4.69) is 13.8 Å². The third kappa shape index (κ3) is 6.03. The summed E-state index contributed by atoms with van der Waals surface area (Å²) in [6, 6.07) is 0. The number of nitrogens with zero attached hydrogens (tertiary/aromatic N) is 1. The summed E-state index contributed by atoms with van der Waals surface area (Å²) in [7, 11) is 1.89. The Kier molecular flexibility index (Phi) is 7.85. The lowest BCUT2D eigenvalue weighted by Gasteiger charge is -2.23. The lowest BCUT2D eigenvalue weighted by Crippen LogP contribution is -2.34. The molecule has 0 saturated heterocycles. The van der Waals surface area contributed by atoms with Gasteiger partial charge in [0.15, 0.2) is 0 Å². The van der Waals surface area contributed by atoms with Crippen molar-refractivity contribution >= 4 is 17.5 Å². The van der Waals surface area contributed by atoms with Crippen LogP contribution in [0.3, 0.4) is 0 Å². The largest absolute Gasteiger partial charge is 0.346 e. The highest BCUT2D eigenvalue weighted by Gasteiger charge is 2.19. The van der Waals surface area contributed by atoms with Crippen LogP contribution in [0.25, 0.3) is 0 Å². The van der Waals surface area contributed by atoms with Crippen molar-refractivity contribution in [3.8, 4) is 0 Å². The molecule has 0 saturated carbocycles. The number of hydrogen-bond acceptors (Lipinski definition) is 1. The van der Waals surface area contributed by atoms with Crippen molar-refractivity contribution in [1.29, 1.82) is 0 Å². The van der Waals surface area contributed by atoms with Crippen LogP contribution in [-0.2, 0) is 4.79 Å². The molecule has 0 N–H and O–H groups in total. The zero-order valence-electron chi connectivity index (χ0n) is 10.4. The van der Waals surface area contributed by atoms with Gasteiger partial charge in [-0.25, -0.2) is 0 Å². The zero-order valence-corrected chi connectivity index (χ0v) is 11.2. The third-order valence-electron chi connectivity index (χ3n) is 2.89. The van der Waals surface area contributed by atoms with Gasteiger partial charge in [-0.05, 0) is 18.8 Å². The number of alkyl halides is 1. The molecule has 0 aliphatic carbocycles. The smallest absolute Gasteiger partial charge is 0.225 e. The second kappa shape index (κ2) is 7.98. The Bertz CT molecular complexity index is 182. The summed E-state index contributed by atoms with van der Waals surface area (Å²) in [6.07, 6.45) is 3.21. The molecule has 0 rings (SSSR count). The number of hydrogen-bond donors (Lipinski definition) is 0. The fourth-order valence-electron chi connectivity index (χ4n) is 1.36. The number of amides is 1. The standard InChI is InChI=1S/C12H24ClNO/c1-10(2)11(3)12(15)14(4)9-7-5-6-8-13/h10-11H,5-9H2,1-4H3. The SMILES string of the molecule is CC(C)C(C)C(=O)N(C)CCCCCCl. The fourth-order valence-corrected chi connectivity index (χ4v) is 1.55. The average Bonchev–Trinajstić information content (AvgIpc) is 2.21. The molecule has 0 radical (unpaired) electrons. The average molecular weight is 234 g/mol. The number of rotatable bonds is 7. The molecule has 1 amide bonds. The van der Waals surface area contributed by atoms with E-state index in [9.17, 15) is 4.79 Å². The van der Waals surface area contributed by atoms with Gasteiger partial charge in [-0.15, -0.1) is 11.6 Å². The summed E-state index contributed by atoms with van der Waals surface area (Å²) in [5, 5.41) is 0. The number of carbonyl (C=O) groups is 1. The van der Waals surface area contributed by atoms with Crippen molar-refractivity contribution < 1.29 is 4.79 Å². The minimum absolute atomic E-state index is 0.128. The van der Waals surface area contributed by atoms with Crippen molar-refractivity contribution in [1.82, 2.24) is 4.90 Å². The van der Waals surface area contributed by atoms with Gasteiger partial charge >= 0.3 is 0 Å².